The molecule has 0 amide bonds. The lowest BCUT2D eigenvalue weighted by Crippen LogP contribution is -2.17. The van der Waals surface area contributed by atoms with Gasteiger partial charge in [0.15, 0.2) is 5.78 Å². The molecule has 22 heavy (non-hydrogen) atoms. The van der Waals surface area contributed by atoms with Crippen LogP contribution in [0.3, 0.4) is 0 Å². The molecule has 0 aliphatic rings. The van der Waals surface area contributed by atoms with E-state index in [4.69, 9.17) is 5.73 Å². The quantitative estimate of drug-likeness (QED) is 0.626. The average molecular weight is 300 g/mol. The number of Topliss-reactive ketones (excluding diaryl/α,β-unsaturated/α-hetero) is 1. The Balaban J connectivity index is 3.35. The Morgan fingerprint density at radius 1 is 1.45 bits per heavy atom. The Morgan fingerprint density at radius 3 is 2.59 bits per heavy atom. The van der Waals surface area contributed by atoms with Crippen molar-refractivity contribution in [3.8, 4) is 0 Å². The standard InChI is InChI=1S/C18H24N2O2/c1-11-6-7-16(17(8-11)15(9-19)10-20-5)18(22)13(3)12(2)14(4)21/h6-10,13,18,22H,2,19H2,1,3-5H3/b15-9+,20-10?. The van der Waals surface area contributed by atoms with Crippen molar-refractivity contribution in [1.29, 1.82) is 0 Å². The first kappa shape index (κ1) is 17.9. The number of allylic oxidation sites excluding steroid dienone is 1. The maximum absolute atomic E-state index is 11.5. The van der Waals surface area contributed by atoms with Gasteiger partial charge in [-0.2, -0.15) is 0 Å². The summed E-state index contributed by atoms with van der Waals surface area (Å²) in [6.45, 7) is 8.99. The fraction of sp³-hybridized carbons (Fsp3) is 0.333. The molecule has 4 heteroatoms. The van der Waals surface area contributed by atoms with Crippen LogP contribution in [0.25, 0.3) is 5.57 Å². The minimum absolute atomic E-state index is 0.120. The topological polar surface area (TPSA) is 75.7 Å². The Morgan fingerprint density at radius 2 is 2.09 bits per heavy atom. The number of carbonyl (C=O) groups excluding carboxylic acids is 1. The van der Waals surface area contributed by atoms with E-state index in [1.165, 1.54) is 13.1 Å². The molecule has 118 valence electrons. The van der Waals surface area contributed by atoms with E-state index < -0.39 is 6.10 Å². The number of carbonyl (C=O) groups is 1. The van der Waals surface area contributed by atoms with E-state index in [9.17, 15) is 9.90 Å². The van der Waals surface area contributed by atoms with Gasteiger partial charge in [0.25, 0.3) is 0 Å². The van der Waals surface area contributed by atoms with Gasteiger partial charge >= 0.3 is 0 Å². The second-order valence-corrected chi connectivity index (χ2v) is 5.41. The summed E-state index contributed by atoms with van der Waals surface area (Å²) in [6.07, 6.45) is 2.27. The van der Waals surface area contributed by atoms with Crippen molar-refractivity contribution >= 4 is 17.6 Å². The summed E-state index contributed by atoms with van der Waals surface area (Å²) in [5.74, 6) is -0.499. The molecular weight excluding hydrogens is 276 g/mol. The number of aliphatic hydroxyl groups is 1. The van der Waals surface area contributed by atoms with Crippen LogP contribution in [0.15, 0.2) is 41.5 Å². The number of aryl methyl sites for hydroxylation is 1. The van der Waals surface area contributed by atoms with Crippen molar-refractivity contribution in [3.05, 3.63) is 53.2 Å². The van der Waals surface area contributed by atoms with Crippen molar-refractivity contribution in [2.24, 2.45) is 16.6 Å². The molecule has 0 heterocycles. The molecule has 1 aromatic rings. The second-order valence-electron chi connectivity index (χ2n) is 5.41. The first-order chi connectivity index (χ1) is 10.3. The lowest BCUT2D eigenvalue weighted by Gasteiger charge is -2.23. The molecule has 2 atom stereocenters. The number of rotatable bonds is 6. The van der Waals surface area contributed by atoms with Crippen LogP contribution in [-0.4, -0.2) is 24.2 Å². The van der Waals surface area contributed by atoms with Crippen molar-refractivity contribution in [1.82, 2.24) is 0 Å². The van der Waals surface area contributed by atoms with Crippen molar-refractivity contribution < 1.29 is 9.90 Å². The van der Waals surface area contributed by atoms with Crippen LogP contribution < -0.4 is 5.73 Å². The number of nitrogens with zero attached hydrogens (tertiary/aromatic N) is 1. The highest BCUT2D eigenvalue weighted by atomic mass is 16.3. The summed E-state index contributed by atoms with van der Waals surface area (Å²) in [7, 11) is 1.66. The van der Waals surface area contributed by atoms with Crippen molar-refractivity contribution in [3.63, 3.8) is 0 Å². The summed E-state index contributed by atoms with van der Waals surface area (Å²) in [5, 5.41) is 10.7. The number of aliphatic hydroxyl groups excluding tert-OH is 1. The highest BCUT2D eigenvalue weighted by molar-refractivity contribution is 6.10. The fourth-order valence-corrected chi connectivity index (χ4v) is 2.30. The number of hydrogen-bond acceptors (Lipinski definition) is 4. The van der Waals surface area contributed by atoms with Gasteiger partial charge in [-0.1, -0.05) is 37.3 Å². The van der Waals surface area contributed by atoms with Crippen LogP contribution >= 0.6 is 0 Å². The van der Waals surface area contributed by atoms with Gasteiger partial charge in [0.05, 0.1) is 6.10 Å². The van der Waals surface area contributed by atoms with E-state index in [1.807, 2.05) is 25.1 Å². The van der Waals surface area contributed by atoms with E-state index in [0.717, 1.165) is 16.7 Å². The molecule has 0 fully saturated rings. The maximum atomic E-state index is 11.5. The zero-order chi connectivity index (χ0) is 16.9. The molecule has 1 aromatic carbocycles. The van der Waals surface area contributed by atoms with Crippen LogP contribution in [0.1, 0.15) is 36.6 Å². The summed E-state index contributed by atoms with van der Waals surface area (Å²) in [5.41, 5.74) is 9.38. The zero-order valence-electron chi connectivity index (χ0n) is 13.6. The average Bonchev–Trinajstić information content (AvgIpc) is 2.50. The Hall–Kier alpha value is -2.20. The Labute approximate surface area is 132 Å². The molecule has 3 N–H and O–H groups in total. The van der Waals surface area contributed by atoms with Crippen LogP contribution in [-0.2, 0) is 4.79 Å². The molecule has 4 nitrogen and oxygen atoms in total. The summed E-state index contributed by atoms with van der Waals surface area (Å²) in [6, 6.07) is 5.72. The van der Waals surface area contributed by atoms with Gasteiger partial charge in [-0.25, -0.2) is 0 Å². The van der Waals surface area contributed by atoms with Gasteiger partial charge in [-0.3, -0.25) is 9.79 Å². The highest BCUT2D eigenvalue weighted by Gasteiger charge is 2.24. The fourth-order valence-electron chi connectivity index (χ4n) is 2.30. The SMILES string of the molecule is C=C(C(C)=O)C(C)C(O)c1ccc(C)cc1/C(C=NC)=C/N. The lowest BCUT2D eigenvalue weighted by atomic mass is 9.85. The second kappa shape index (κ2) is 7.71. The molecule has 0 bridgehead atoms. The largest absolute Gasteiger partial charge is 0.404 e. The van der Waals surface area contributed by atoms with E-state index in [1.54, 1.807) is 20.2 Å². The normalized spacial score (nSPS) is 14.9. The number of benzene rings is 1. The number of hydrogen-bond donors (Lipinski definition) is 2. The van der Waals surface area contributed by atoms with Crippen LogP contribution in [0.4, 0.5) is 0 Å². The van der Waals surface area contributed by atoms with Crippen LogP contribution in [0, 0.1) is 12.8 Å². The third-order valence-electron chi connectivity index (χ3n) is 3.76. The molecule has 0 aliphatic heterocycles. The molecule has 0 aliphatic carbocycles. The van der Waals surface area contributed by atoms with Gasteiger partial charge in [-0.05, 0) is 30.5 Å². The molecule has 0 saturated carbocycles. The summed E-state index contributed by atoms with van der Waals surface area (Å²) >= 11 is 0. The van der Waals surface area contributed by atoms with Crippen LogP contribution in [0.5, 0.6) is 0 Å². The van der Waals surface area contributed by atoms with E-state index in [2.05, 4.69) is 11.6 Å². The molecule has 0 spiro atoms. The van der Waals surface area contributed by atoms with Crippen LogP contribution in [0.2, 0.25) is 0 Å². The molecule has 2 unspecified atom stereocenters. The summed E-state index contributed by atoms with van der Waals surface area (Å²) < 4.78 is 0. The maximum Gasteiger partial charge on any atom is 0.155 e. The predicted octanol–water partition coefficient (Wildman–Crippen LogP) is 2.81. The van der Waals surface area contributed by atoms with E-state index in [0.29, 0.717) is 11.1 Å². The van der Waals surface area contributed by atoms with Gasteiger partial charge < -0.3 is 10.8 Å². The third kappa shape index (κ3) is 3.92. The molecule has 0 saturated heterocycles. The van der Waals surface area contributed by atoms with Crippen molar-refractivity contribution in [2.75, 3.05) is 7.05 Å². The van der Waals surface area contributed by atoms with Crippen molar-refractivity contribution in [2.45, 2.75) is 26.9 Å². The molecule has 0 aromatic heterocycles. The first-order valence-electron chi connectivity index (χ1n) is 7.16. The molecule has 1 rings (SSSR count). The van der Waals surface area contributed by atoms with Gasteiger partial charge in [-0.15, -0.1) is 0 Å². The number of ketones is 1. The van der Waals surface area contributed by atoms with Gasteiger partial charge in [0, 0.05) is 31.0 Å². The van der Waals surface area contributed by atoms with Gasteiger partial charge in [0.2, 0.25) is 0 Å². The molecular formula is C18H24N2O2. The third-order valence-corrected chi connectivity index (χ3v) is 3.76. The number of nitrogens with two attached hydrogens (primary N) is 1. The first-order valence-corrected chi connectivity index (χ1v) is 7.16. The smallest absolute Gasteiger partial charge is 0.155 e. The minimum Gasteiger partial charge on any atom is -0.404 e. The predicted molar refractivity (Wildman–Crippen MR) is 91.7 cm³/mol. The summed E-state index contributed by atoms with van der Waals surface area (Å²) in [4.78, 5) is 15.5. The Bertz CT molecular complexity index is 630. The highest BCUT2D eigenvalue weighted by Crippen LogP contribution is 2.32. The van der Waals surface area contributed by atoms with E-state index >= 15 is 0 Å². The number of aliphatic imine (C=N–C) groups is 1. The minimum atomic E-state index is -0.841. The van der Waals surface area contributed by atoms with Gasteiger partial charge in [0.1, 0.15) is 0 Å². The molecule has 0 radical (unpaired) electrons. The lowest BCUT2D eigenvalue weighted by molar-refractivity contribution is -0.114. The Kier molecular flexibility index (Phi) is 6.25. The monoisotopic (exact) mass is 300 g/mol. The zero-order valence-corrected chi connectivity index (χ0v) is 13.6. The van der Waals surface area contributed by atoms with E-state index in [-0.39, 0.29) is 11.7 Å².